The van der Waals surface area contributed by atoms with E-state index in [2.05, 4.69) is 20.0 Å². The van der Waals surface area contributed by atoms with E-state index in [0.29, 0.717) is 55.2 Å². The maximum absolute atomic E-state index is 13.6. The van der Waals surface area contributed by atoms with Crippen molar-refractivity contribution in [2.75, 3.05) is 38.5 Å². The molecule has 0 unspecified atom stereocenters. The Morgan fingerprint density at radius 2 is 2.12 bits per heavy atom. The topological polar surface area (TPSA) is 138 Å². The summed E-state index contributed by atoms with van der Waals surface area (Å²) in [6.45, 7) is 7.25. The molecule has 0 radical (unpaired) electrons. The minimum Gasteiger partial charge on any atom is -0.383 e. The summed E-state index contributed by atoms with van der Waals surface area (Å²) < 4.78 is 12.0. The third kappa shape index (κ3) is 7.20. The Balaban J connectivity index is 1.33. The second-order valence-corrected chi connectivity index (χ2v) is 12.0. The molecule has 1 aliphatic heterocycles. The number of aromatic nitrogens is 3. The van der Waals surface area contributed by atoms with Crippen molar-refractivity contribution in [3.8, 4) is 10.6 Å². The second-order valence-electron chi connectivity index (χ2n) is 10.3. The van der Waals surface area contributed by atoms with Crippen molar-refractivity contribution in [3.63, 3.8) is 0 Å². The van der Waals surface area contributed by atoms with E-state index in [9.17, 15) is 4.79 Å². The lowest BCUT2D eigenvalue weighted by Gasteiger charge is -2.42. The number of thiophene rings is 1. The highest BCUT2D eigenvalue weighted by Crippen LogP contribution is 2.31. The maximum atomic E-state index is 13.6. The van der Waals surface area contributed by atoms with E-state index in [4.69, 9.17) is 32.0 Å². The van der Waals surface area contributed by atoms with E-state index in [1.807, 2.05) is 60.0 Å². The van der Waals surface area contributed by atoms with Gasteiger partial charge >= 0.3 is 0 Å². The molecule has 0 spiro atoms. The number of rotatable bonds is 12. The number of hydrogen-bond donors (Lipinski definition) is 2. The van der Waals surface area contributed by atoms with Gasteiger partial charge in [-0.05, 0) is 43.7 Å². The van der Waals surface area contributed by atoms with Gasteiger partial charge in [0.1, 0.15) is 12.1 Å². The summed E-state index contributed by atoms with van der Waals surface area (Å²) in [6.07, 6.45) is 2.86. The summed E-state index contributed by atoms with van der Waals surface area (Å²) in [5.41, 5.74) is 8.43. The van der Waals surface area contributed by atoms with Crippen LogP contribution in [0.3, 0.4) is 0 Å². The second kappa shape index (κ2) is 12.9. The van der Waals surface area contributed by atoms with Crippen molar-refractivity contribution in [2.45, 2.75) is 39.1 Å². The zero-order chi connectivity index (χ0) is 28.9. The van der Waals surface area contributed by atoms with Gasteiger partial charge in [-0.15, -0.1) is 11.3 Å². The Labute approximate surface area is 247 Å². The normalized spacial score (nSPS) is 16.1. The van der Waals surface area contributed by atoms with Gasteiger partial charge in [0.15, 0.2) is 5.76 Å². The van der Waals surface area contributed by atoms with Gasteiger partial charge in [0.25, 0.3) is 0 Å². The SMILES string of the molecule is CC(C)OCCN(C=N)C[C@H]1CN(Cc2cc(-c3ccc(Cl)s3)on2)CC(=O)N1Cc1ccc2c(N)ncnc2c1. The first-order valence-corrected chi connectivity index (χ1v) is 14.6. The zero-order valence-electron chi connectivity index (χ0n) is 23.0. The number of benzene rings is 1. The molecule has 1 atom stereocenters. The molecule has 1 aliphatic rings. The fourth-order valence-electron chi connectivity index (χ4n) is 4.92. The highest BCUT2D eigenvalue weighted by atomic mass is 35.5. The predicted octanol–water partition coefficient (Wildman–Crippen LogP) is 4.13. The van der Waals surface area contributed by atoms with Gasteiger partial charge in [-0.25, -0.2) is 9.97 Å². The van der Waals surface area contributed by atoms with Crippen molar-refractivity contribution in [2.24, 2.45) is 0 Å². The molecule has 4 heterocycles. The molecule has 41 heavy (non-hydrogen) atoms. The summed E-state index contributed by atoms with van der Waals surface area (Å²) in [6, 6.07) is 11.2. The lowest BCUT2D eigenvalue weighted by atomic mass is 10.1. The van der Waals surface area contributed by atoms with Crippen LogP contribution in [0.5, 0.6) is 0 Å². The largest absolute Gasteiger partial charge is 0.383 e. The van der Waals surface area contributed by atoms with Crippen LogP contribution in [0.4, 0.5) is 5.82 Å². The fraction of sp³-hybridized carbons (Fsp3) is 0.393. The third-order valence-corrected chi connectivity index (χ3v) is 8.14. The first kappa shape index (κ1) is 28.9. The van der Waals surface area contributed by atoms with Crippen LogP contribution in [0.2, 0.25) is 4.34 Å². The van der Waals surface area contributed by atoms with E-state index < -0.39 is 0 Å². The molecule has 13 heteroatoms. The smallest absolute Gasteiger partial charge is 0.237 e. The number of carbonyl (C=O) groups is 1. The summed E-state index contributed by atoms with van der Waals surface area (Å²) >= 11 is 7.51. The van der Waals surface area contributed by atoms with Crippen molar-refractivity contribution < 1.29 is 14.1 Å². The molecule has 3 N–H and O–H groups in total. The van der Waals surface area contributed by atoms with E-state index >= 15 is 0 Å². The van der Waals surface area contributed by atoms with Crippen molar-refractivity contribution in [1.82, 2.24) is 29.8 Å². The maximum Gasteiger partial charge on any atom is 0.237 e. The zero-order valence-corrected chi connectivity index (χ0v) is 24.6. The van der Waals surface area contributed by atoms with Gasteiger partial charge in [-0.2, -0.15) is 0 Å². The average Bonchev–Trinajstić information content (AvgIpc) is 3.58. The first-order valence-electron chi connectivity index (χ1n) is 13.4. The van der Waals surface area contributed by atoms with Crippen LogP contribution in [0.25, 0.3) is 21.5 Å². The lowest BCUT2D eigenvalue weighted by Crippen LogP contribution is -2.59. The number of piperazine rings is 1. The number of nitrogens with one attached hydrogen (secondary N) is 1. The molecule has 0 aliphatic carbocycles. The highest BCUT2D eigenvalue weighted by molar-refractivity contribution is 7.19. The standard InChI is InChI=1S/C28H33ClN8O3S/c1-18(2)39-8-7-35(16-30)13-21-14-36(12-20-10-24(40-34-20)25-5-6-26(29)41-25)15-27(38)37(21)11-19-3-4-22-23(9-19)32-17-33-28(22)31/h3-6,9-10,16-18,21,30H,7-8,11-15H2,1-2H3,(H2,31,32,33)/t21-/m0/s1. The van der Waals surface area contributed by atoms with Gasteiger partial charge in [0.05, 0.1) is 52.1 Å². The third-order valence-electron chi connectivity index (χ3n) is 6.89. The Morgan fingerprint density at radius 3 is 2.88 bits per heavy atom. The van der Waals surface area contributed by atoms with E-state index in [-0.39, 0.29) is 24.6 Å². The number of hydrogen-bond acceptors (Lipinski definition) is 10. The molecular weight excluding hydrogens is 564 g/mol. The molecule has 4 aromatic rings. The number of nitrogens with zero attached hydrogens (tertiary/aromatic N) is 6. The Morgan fingerprint density at radius 1 is 1.27 bits per heavy atom. The van der Waals surface area contributed by atoms with Gasteiger partial charge in [-0.1, -0.05) is 22.8 Å². The Kier molecular flexibility index (Phi) is 9.13. The molecule has 1 aromatic carbocycles. The molecule has 11 nitrogen and oxygen atoms in total. The molecule has 1 amide bonds. The van der Waals surface area contributed by atoms with Crippen molar-refractivity contribution in [3.05, 3.63) is 58.3 Å². The average molecular weight is 597 g/mol. The molecule has 1 saturated heterocycles. The number of amides is 1. The predicted molar refractivity (Wildman–Crippen MR) is 160 cm³/mol. The number of anilines is 1. The minimum atomic E-state index is -0.175. The molecule has 1 fully saturated rings. The molecule has 5 rings (SSSR count). The summed E-state index contributed by atoms with van der Waals surface area (Å²) in [7, 11) is 0. The fourth-order valence-corrected chi connectivity index (χ4v) is 5.91. The van der Waals surface area contributed by atoms with E-state index in [1.165, 1.54) is 24.0 Å². The molecule has 0 bridgehead atoms. The Bertz CT molecular complexity index is 1510. The quantitative estimate of drug-likeness (QED) is 0.183. The Hall–Kier alpha value is -3.58. The van der Waals surface area contributed by atoms with Gasteiger partial charge in [-0.3, -0.25) is 15.1 Å². The van der Waals surface area contributed by atoms with Gasteiger partial charge < -0.3 is 24.8 Å². The molecule has 3 aromatic heterocycles. The number of fused-ring (bicyclic) bond motifs is 1. The van der Waals surface area contributed by atoms with Crippen LogP contribution >= 0.6 is 22.9 Å². The summed E-state index contributed by atoms with van der Waals surface area (Å²) in [4.78, 5) is 28.8. The monoisotopic (exact) mass is 596 g/mol. The number of carbonyl (C=O) groups excluding carboxylic acids is 1. The van der Waals surface area contributed by atoms with Crippen molar-refractivity contribution >= 4 is 51.9 Å². The van der Waals surface area contributed by atoms with Crippen molar-refractivity contribution in [1.29, 1.82) is 5.41 Å². The lowest BCUT2D eigenvalue weighted by molar-refractivity contribution is -0.141. The summed E-state index contributed by atoms with van der Waals surface area (Å²) in [5, 5.41) is 13.0. The van der Waals surface area contributed by atoms with Gasteiger partial charge in [0, 0.05) is 44.2 Å². The van der Waals surface area contributed by atoms with Crippen LogP contribution < -0.4 is 5.73 Å². The van der Waals surface area contributed by atoms with Crippen LogP contribution in [-0.4, -0.2) is 87.0 Å². The number of nitrogen functional groups attached to an aromatic ring is 1. The minimum absolute atomic E-state index is 0.000617. The number of ether oxygens (including phenoxy) is 1. The summed E-state index contributed by atoms with van der Waals surface area (Å²) in [5.74, 6) is 1.08. The van der Waals surface area contributed by atoms with E-state index in [0.717, 1.165) is 27.0 Å². The van der Waals surface area contributed by atoms with Crippen LogP contribution in [0, 0.1) is 5.41 Å². The van der Waals surface area contributed by atoms with Gasteiger partial charge in [0.2, 0.25) is 5.91 Å². The molecule has 0 saturated carbocycles. The highest BCUT2D eigenvalue weighted by Gasteiger charge is 2.34. The number of nitrogens with two attached hydrogens (primary N) is 1. The first-order chi connectivity index (χ1) is 19.8. The van der Waals surface area contributed by atoms with Crippen LogP contribution in [-0.2, 0) is 22.6 Å². The van der Waals surface area contributed by atoms with E-state index in [1.54, 1.807) is 0 Å². The van der Waals surface area contributed by atoms with Crippen LogP contribution in [0.15, 0.2) is 47.2 Å². The molecule has 216 valence electrons. The molecular formula is C28H33ClN8O3S. The number of halogens is 1. The van der Waals surface area contributed by atoms with Crippen LogP contribution in [0.1, 0.15) is 25.1 Å².